The van der Waals surface area contributed by atoms with Crippen molar-refractivity contribution in [2.75, 3.05) is 18.1 Å². The van der Waals surface area contributed by atoms with Gasteiger partial charge in [0.2, 0.25) is 0 Å². The molecule has 2 N–H and O–H groups in total. The van der Waals surface area contributed by atoms with Crippen molar-refractivity contribution in [1.29, 1.82) is 0 Å². The first-order valence-corrected chi connectivity index (χ1v) is 17.9. The number of thioether (sulfide) groups is 2. The minimum absolute atomic E-state index is 0.0868. The van der Waals surface area contributed by atoms with Crippen LogP contribution in [0, 0.1) is 13.8 Å². The maximum Gasteiger partial charge on any atom is 0.417 e. The number of rotatable bonds is 16. The molecule has 4 aromatic rings. The van der Waals surface area contributed by atoms with Crippen LogP contribution < -0.4 is 4.74 Å². The number of hydrogen-bond acceptors (Lipinski definition) is 5. The first kappa shape index (κ1) is 39.7. The smallest absolute Gasteiger partial charge is 0.417 e. The van der Waals surface area contributed by atoms with Crippen LogP contribution in [0.3, 0.4) is 0 Å². The number of aliphatic carboxylic acids is 2. The fourth-order valence-corrected chi connectivity index (χ4v) is 7.40. The summed E-state index contributed by atoms with van der Waals surface area (Å²) < 4.78 is 91.0. The van der Waals surface area contributed by atoms with Gasteiger partial charge in [-0.1, -0.05) is 30.3 Å². The average molecular weight is 751 g/mol. The van der Waals surface area contributed by atoms with E-state index < -0.39 is 53.2 Å². The molecule has 4 aromatic carbocycles. The molecule has 51 heavy (non-hydrogen) atoms. The number of benzene rings is 4. The second kappa shape index (κ2) is 17.4. The van der Waals surface area contributed by atoms with Crippen molar-refractivity contribution in [2.24, 2.45) is 0 Å². The van der Waals surface area contributed by atoms with Crippen LogP contribution in [-0.2, 0) is 41.2 Å². The molecule has 0 atom stereocenters. The van der Waals surface area contributed by atoms with Crippen molar-refractivity contribution < 1.29 is 50.9 Å². The zero-order chi connectivity index (χ0) is 37.3. The number of carboxylic acids is 2. The Bertz CT molecular complexity index is 1860. The van der Waals surface area contributed by atoms with E-state index in [0.29, 0.717) is 46.8 Å². The van der Waals surface area contributed by atoms with Gasteiger partial charge in [-0.25, -0.2) is 4.79 Å². The largest absolute Gasteiger partial charge is 0.482 e. The quantitative estimate of drug-likeness (QED) is 0.0670. The highest BCUT2D eigenvalue weighted by Crippen LogP contribution is 2.43. The molecule has 0 radical (unpaired) electrons. The number of ether oxygens (including phenoxy) is 1. The molecule has 0 heterocycles. The average Bonchev–Trinajstić information content (AvgIpc) is 3.04. The summed E-state index contributed by atoms with van der Waals surface area (Å²) in [6, 6.07) is 17.7. The summed E-state index contributed by atoms with van der Waals surface area (Å²) in [6.45, 7) is 3.12. The Balaban J connectivity index is 1.42. The van der Waals surface area contributed by atoms with Crippen LogP contribution >= 0.6 is 23.5 Å². The molecule has 0 fully saturated rings. The van der Waals surface area contributed by atoms with Gasteiger partial charge in [-0.15, -0.1) is 23.5 Å². The Morgan fingerprint density at radius 1 is 0.647 bits per heavy atom. The molecule has 13 heteroatoms. The molecule has 5 nitrogen and oxygen atoms in total. The lowest BCUT2D eigenvalue weighted by molar-refractivity contribution is -0.139. The van der Waals surface area contributed by atoms with E-state index in [1.165, 1.54) is 35.7 Å². The zero-order valence-electron chi connectivity index (χ0n) is 27.8. The molecule has 0 saturated heterocycles. The molecule has 0 aliphatic carbocycles. The molecule has 0 aliphatic rings. The minimum Gasteiger partial charge on any atom is -0.482 e. The number of carbonyl (C=O) groups is 2. The summed E-state index contributed by atoms with van der Waals surface area (Å²) in [7, 11) is 0. The van der Waals surface area contributed by atoms with Crippen LogP contribution in [0.5, 0.6) is 5.75 Å². The molecule has 0 unspecified atom stereocenters. The maximum absolute atomic E-state index is 14.3. The lowest BCUT2D eigenvalue weighted by Crippen LogP contribution is -2.12. The summed E-state index contributed by atoms with van der Waals surface area (Å²) in [6.07, 6.45) is -8.26. The van der Waals surface area contributed by atoms with Crippen LogP contribution in [0.15, 0.2) is 82.6 Å². The Hall–Kier alpha value is -4.10. The van der Waals surface area contributed by atoms with E-state index >= 15 is 0 Å². The molecule has 0 aromatic heterocycles. The standard InChI is InChI=1S/C38H36F6O5S2/c1-23-17-28(10-9-27(23)21-35(45)46)50-15-3-5-25-7-12-30(32(19-25)37(39,40)41)31-13-8-26(20-33(31)38(42,43)44)6-4-16-51-29-11-14-34(24(2)18-29)49-22-36(47)48/h7-14,17-20H,3-6,15-16,21-22H2,1-2H3,(H,45,46)(H,47,48). The summed E-state index contributed by atoms with van der Waals surface area (Å²) in [5, 5.41) is 17.8. The summed E-state index contributed by atoms with van der Waals surface area (Å²) >= 11 is 2.96. The fraction of sp³-hybridized carbons (Fsp3) is 0.316. The van der Waals surface area contributed by atoms with Gasteiger partial charge in [0.1, 0.15) is 5.75 Å². The fourth-order valence-electron chi connectivity index (χ4n) is 5.50. The Kier molecular flexibility index (Phi) is 13.5. The maximum atomic E-state index is 14.3. The normalized spacial score (nSPS) is 11.8. The van der Waals surface area contributed by atoms with Gasteiger partial charge in [0, 0.05) is 9.79 Å². The van der Waals surface area contributed by atoms with Crippen LogP contribution in [0.4, 0.5) is 26.3 Å². The van der Waals surface area contributed by atoms with Crippen molar-refractivity contribution in [3.8, 4) is 16.9 Å². The van der Waals surface area contributed by atoms with E-state index in [9.17, 15) is 35.9 Å². The van der Waals surface area contributed by atoms with E-state index in [2.05, 4.69) is 0 Å². The lowest BCUT2D eigenvalue weighted by Gasteiger charge is -2.19. The molecule has 0 amide bonds. The Morgan fingerprint density at radius 3 is 1.57 bits per heavy atom. The molecule has 0 spiro atoms. The Labute approximate surface area is 300 Å². The first-order chi connectivity index (χ1) is 24.0. The van der Waals surface area contributed by atoms with Crippen LogP contribution in [0.2, 0.25) is 0 Å². The van der Waals surface area contributed by atoms with Crippen molar-refractivity contribution in [1.82, 2.24) is 0 Å². The van der Waals surface area contributed by atoms with Crippen LogP contribution in [0.1, 0.15) is 51.8 Å². The summed E-state index contributed by atoms with van der Waals surface area (Å²) in [5.41, 5.74) is -0.316. The zero-order valence-corrected chi connectivity index (χ0v) is 29.4. The first-order valence-electron chi connectivity index (χ1n) is 15.9. The lowest BCUT2D eigenvalue weighted by atomic mass is 9.91. The number of halogens is 6. The van der Waals surface area contributed by atoms with Gasteiger partial charge in [0.15, 0.2) is 6.61 Å². The van der Waals surface area contributed by atoms with Gasteiger partial charge >= 0.3 is 24.3 Å². The van der Waals surface area contributed by atoms with Gasteiger partial charge in [-0.2, -0.15) is 26.3 Å². The Morgan fingerprint density at radius 2 is 1.14 bits per heavy atom. The monoisotopic (exact) mass is 750 g/mol. The number of hydrogen-bond donors (Lipinski definition) is 2. The number of carboxylic acid groups (broad SMARTS) is 2. The SMILES string of the molecule is Cc1cc(SCCCc2ccc(-c3ccc(CCCSc4ccc(OCC(=O)O)c(C)c4)cc3C(F)(F)F)c(C(F)(F)F)c2)ccc1CC(=O)O. The van der Waals surface area contributed by atoms with Crippen molar-refractivity contribution >= 4 is 35.5 Å². The van der Waals surface area contributed by atoms with E-state index in [-0.39, 0.29) is 19.3 Å². The highest BCUT2D eigenvalue weighted by atomic mass is 32.2. The molecule has 4 rings (SSSR count). The van der Waals surface area contributed by atoms with Crippen LogP contribution in [0.25, 0.3) is 11.1 Å². The van der Waals surface area contributed by atoms with Crippen LogP contribution in [-0.4, -0.2) is 40.3 Å². The third-order valence-corrected chi connectivity index (χ3v) is 10.1. The van der Waals surface area contributed by atoms with E-state index in [4.69, 9.17) is 14.9 Å². The van der Waals surface area contributed by atoms with Crippen molar-refractivity contribution in [3.63, 3.8) is 0 Å². The molecule has 272 valence electrons. The van der Waals surface area contributed by atoms with E-state index in [1.54, 1.807) is 31.2 Å². The highest BCUT2D eigenvalue weighted by Gasteiger charge is 2.38. The third-order valence-electron chi connectivity index (χ3n) is 7.98. The van der Waals surface area contributed by atoms with Crippen molar-refractivity contribution in [2.45, 2.75) is 68.1 Å². The predicted molar refractivity (Wildman–Crippen MR) is 187 cm³/mol. The van der Waals surface area contributed by atoms with Gasteiger partial charge in [0.25, 0.3) is 0 Å². The summed E-state index contributed by atoms with van der Waals surface area (Å²) in [4.78, 5) is 23.5. The minimum atomic E-state index is -4.88. The van der Waals surface area contributed by atoms with Crippen molar-refractivity contribution in [3.05, 3.63) is 112 Å². The van der Waals surface area contributed by atoms with E-state index in [0.717, 1.165) is 45.2 Å². The topological polar surface area (TPSA) is 83.8 Å². The van der Waals surface area contributed by atoms with Gasteiger partial charge in [-0.3, -0.25) is 4.79 Å². The highest BCUT2D eigenvalue weighted by molar-refractivity contribution is 7.99. The molecular weight excluding hydrogens is 715 g/mol. The molecular formula is C38H36F6O5S2. The predicted octanol–water partition coefficient (Wildman–Crippen LogP) is 10.5. The third kappa shape index (κ3) is 11.7. The number of aryl methyl sites for hydroxylation is 4. The van der Waals surface area contributed by atoms with Gasteiger partial charge in [-0.05, 0) is 132 Å². The number of alkyl halides is 6. The molecule has 0 saturated carbocycles. The van der Waals surface area contributed by atoms with Gasteiger partial charge in [0.05, 0.1) is 17.5 Å². The van der Waals surface area contributed by atoms with Gasteiger partial charge < -0.3 is 14.9 Å². The summed E-state index contributed by atoms with van der Waals surface area (Å²) in [5.74, 6) is -0.444. The molecule has 0 aliphatic heterocycles. The second-order valence-corrected chi connectivity index (χ2v) is 14.3. The molecule has 0 bridgehead atoms. The second-order valence-electron chi connectivity index (χ2n) is 11.9. The van der Waals surface area contributed by atoms with E-state index in [1.807, 2.05) is 19.1 Å².